The number of fused-ring (bicyclic) bond motifs is 1. The highest BCUT2D eigenvalue weighted by Gasteiger charge is 2.19. The molecule has 0 atom stereocenters. The van der Waals surface area contributed by atoms with E-state index in [0.717, 1.165) is 0 Å². The smallest absolute Gasteiger partial charge is 0.269 e. The summed E-state index contributed by atoms with van der Waals surface area (Å²) in [7, 11) is 3.37. The molecule has 10 heteroatoms. The zero-order valence-electron chi connectivity index (χ0n) is 18.9. The average molecular weight is 486 g/mol. The predicted molar refractivity (Wildman–Crippen MR) is 135 cm³/mol. The highest BCUT2D eigenvalue weighted by atomic mass is 35.5. The van der Waals surface area contributed by atoms with Gasteiger partial charge in [0.15, 0.2) is 11.5 Å². The molecule has 5 aromatic rings. The molecule has 0 saturated heterocycles. The minimum Gasteiger partial charge on any atom is -0.384 e. The number of amides is 1. The number of hydrogen-bond donors (Lipinski definition) is 1. The van der Waals surface area contributed by atoms with Gasteiger partial charge in [-0.25, -0.2) is 14.6 Å². The van der Waals surface area contributed by atoms with E-state index in [0.29, 0.717) is 50.2 Å². The fraction of sp³-hybridized carbons (Fsp3) is 0.0800. The molecule has 0 unspecified atom stereocenters. The van der Waals surface area contributed by atoms with Crippen LogP contribution in [0.1, 0.15) is 10.4 Å². The number of carbonyl (C=O) groups is 1. The van der Waals surface area contributed by atoms with Gasteiger partial charge in [0.2, 0.25) is 0 Å². The maximum absolute atomic E-state index is 13.7. The van der Waals surface area contributed by atoms with E-state index in [9.17, 15) is 9.59 Å². The third-order valence-electron chi connectivity index (χ3n) is 5.47. The van der Waals surface area contributed by atoms with Gasteiger partial charge < -0.3 is 10.6 Å². The Bertz CT molecular complexity index is 1620. The Morgan fingerprint density at radius 3 is 2.46 bits per heavy atom. The van der Waals surface area contributed by atoms with Crippen molar-refractivity contribution in [2.45, 2.75) is 0 Å². The summed E-state index contributed by atoms with van der Waals surface area (Å²) in [5.74, 6) is 0.567. The molecule has 0 aliphatic rings. The van der Waals surface area contributed by atoms with Crippen LogP contribution < -0.4 is 11.3 Å². The quantitative estimate of drug-likeness (QED) is 0.416. The normalized spacial score (nSPS) is 11.1. The van der Waals surface area contributed by atoms with Gasteiger partial charge in [-0.05, 0) is 54.6 Å². The van der Waals surface area contributed by atoms with Crippen molar-refractivity contribution in [2.75, 3.05) is 19.8 Å². The summed E-state index contributed by atoms with van der Waals surface area (Å²) in [6, 6.07) is 17.3. The van der Waals surface area contributed by atoms with Gasteiger partial charge in [0.05, 0.1) is 17.6 Å². The van der Waals surface area contributed by atoms with Crippen molar-refractivity contribution in [3.63, 3.8) is 0 Å². The van der Waals surface area contributed by atoms with Crippen molar-refractivity contribution in [2.24, 2.45) is 0 Å². The number of pyridine rings is 1. The van der Waals surface area contributed by atoms with Gasteiger partial charge in [0.1, 0.15) is 11.2 Å². The number of anilines is 1. The molecule has 0 bridgehead atoms. The molecule has 174 valence electrons. The van der Waals surface area contributed by atoms with Gasteiger partial charge in [-0.15, -0.1) is 0 Å². The minimum absolute atomic E-state index is 0.144. The number of hydrogen-bond acceptors (Lipinski definition) is 6. The third-order valence-corrected chi connectivity index (χ3v) is 5.73. The largest absolute Gasteiger partial charge is 0.384 e. The zero-order valence-corrected chi connectivity index (χ0v) is 19.6. The SMILES string of the molecule is CN(C)C(=O)c1cccc(-n2ncc3c(=O)n(-c4ccc(Cl)cc4)c(-c4ccc(N)nc4)nc32)c1. The zero-order chi connectivity index (χ0) is 24.7. The van der Waals surface area contributed by atoms with E-state index in [-0.39, 0.29) is 11.5 Å². The van der Waals surface area contributed by atoms with Crippen molar-refractivity contribution in [1.29, 1.82) is 0 Å². The van der Waals surface area contributed by atoms with E-state index in [4.69, 9.17) is 22.3 Å². The van der Waals surface area contributed by atoms with E-state index in [1.807, 2.05) is 0 Å². The van der Waals surface area contributed by atoms with Gasteiger partial charge in [0, 0.05) is 36.4 Å². The molecule has 0 radical (unpaired) electrons. The van der Waals surface area contributed by atoms with Crippen molar-refractivity contribution in [1.82, 2.24) is 29.2 Å². The van der Waals surface area contributed by atoms with Crippen LogP contribution in [0.2, 0.25) is 5.02 Å². The average Bonchev–Trinajstić information content (AvgIpc) is 3.29. The van der Waals surface area contributed by atoms with Gasteiger partial charge in [0.25, 0.3) is 11.5 Å². The Hall–Kier alpha value is -4.50. The molecule has 9 nitrogen and oxygen atoms in total. The van der Waals surface area contributed by atoms with Crippen molar-refractivity contribution >= 4 is 34.4 Å². The van der Waals surface area contributed by atoms with E-state index in [1.54, 1.807) is 85.6 Å². The maximum atomic E-state index is 13.7. The molecular weight excluding hydrogens is 466 g/mol. The Kier molecular flexibility index (Phi) is 5.54. The van der Waals surface area contributed by atoms with Crippen LogP contribution in [0.25, 0.3) is 33.8 Å². The van der Waals surface area contributed by atoms with Gasteiger partial charge in [-0.1, -0.05) is 17.7 Å². The number of nitrogens with zero attached hydrogens (tertiary/aromatic N) is 6. The molecule has 0 aliphatic heterocycles. The molecule has 3 aromatic heterocycles. The number of halogens is 1. The maximum Gasteiger partial charge on any atom is 0.269 e. The number of nitrogen functional groups attached to an aromatic ring is 1. The standard InChI is InChI=1S/C25H20ClN7O2/c1-31(2)24(34)15-4-3-5-19(12-15)33-23-20(14-29-33)25(35)32(18-9-7-17(26)8-10-18)22(30-23)16-6-11-21(27)28-13-16/h3-14H,1-2H3,(H2,27,28). The van der Waals surface area contributed by atoms with Crippen LogP contribution in [-0.4, -0.2) is 49.2 Å². The molecule has 0 saturated carbocycles. The number of carbonyl (C=O) groups excluding carboxylic acids is 1. The summed E-state index contributed by atoms with van der Waals surface area (Å²) in [6.07, 6.45) is 3.04. The molecule has 1 amide bonds. The summed E-state index contributed by atoms with van der Waals surface area (Å²) in [4.78, 5) is 36.7. The van der Waals surface area contributed by atoms with Crippen LogP contribution in [0.15, 0.2) is 77.9 Å². The van der Waals surface area contributed by atoms with E-state index in [1.165, 1.54) is 15.7 Å². The first kappa shape index (κ1) is 22.3. The summed E-state index contributed by atoms with van der Waals surface area (Å²) in [5, 5.41) is 5.29. The predicted octanol–water partition coefficient (Wildman–Crippen LogP) is 3.57. The summed E-state index contributed by atoms with van der Waals surface area (Å²) < 4.78 is 3.04. The van der Waals surface area contributed by atoms with E-state index >= 15 is 0 Å². The number of rotatable bonds is 4. The van der Waals surface area contributed by atoms with Gasteiger partial charge in [-0.2, -0.15) is 5.10 Å². The lowest BCUT2D eigenvalue weighted by Gasteiger charge is -2.14. The monoisotopic (exact) mass is 485 g/mol. The van der Waals surface area contributed by atoms with Crippen molar-refractivity contribution in [3.8, 4) is 22.8 Å². The van der Waals surface area contributed by atoms with Crippen molar-refractivity contribution < 1.29 is 4.79 Å². The fourth-order valence-corrected chi connectivity index (χ4v) is 3.87. The lowest BCUT2D eigenvalue weighted by molar-refractivity contribution is 0.0827. The Morgan fingerprint density at radius 1 is 1.00 bits per heavy atom. The second kappa shape index (κ2) is 8.69. The minimum atomic E-state index is -0.309. The summed E-state index contributed by atoms with van der Waals surface area (Å²) in [6.45, 7) is 0. The van der Waals surface area contributed by atoms with Gasteiger partial charge >= 0.3 is 0 Å². The molecule has 5 rings (SSSR count). The molecule has 2 N–H and O–H groups in total. The number of nitrogens with two attached hydrogens (primary N) is 1. The fourth-order valence-electron chi connectivity index (χ4n) is 3.75. The molecule has 2 aromatic carbocycles. The molecule has 0 fully saturated rings. The first-order valence-electron chi connectivity index (χ1n) is 10.6. The van der Waals surface area contributed by atoms with Crippen LogP contribution in [-0.2, 0) is 0 Å². The van der Waals surface area contributed by atoms with Crippen molar-refractivity contribution in [3.05, 3.63) is 94.0 Å². The Balaban J connectivity index is 1.77. The molecule has 35 heavy (non-hydrogen) atoms. The van der Waals surface area contributed by atoms with Crippen LogP contribution in [0.3, 0.4) is 0 Å². The second-order valence-corrected chi connectivity index (χ2v) is 8.50. The third kappa shape index (κ3) is 4.02. The lowest BCUT2D eigenvalue weighted by Crippen LogP contribution is -2.22. The number of benzene rings is 2. The first-order valence-corrected chi connectivity index (χ1v) is 11.0. The van der Waals surface area contributed by atoms with Crippen LogP contribution in [0.5, 0.6) is 0 Å². The van der Waals surface area contributed by atoms with Crippen LogP contribution >= 0.6 is 11.6 Å². The van der Waals surface area contributed by atoms with Crippen LogP contribution in [0.4, 0.5) is 5.82 Å². The second-order valence-electron chi connectivity index (χ2n) is 8.07. The highest BCUT2D eigenvalue weighted by molar-refractivity contribution is 6.30. The molecular formula is C25H20ClN7O2. The molecule has 0 spiro atoms. The Labute approximate surface area is 205 Å². The van der Waals surface area contributed by atoms with Gasteiger partial charge in [-0.3, -0.25) is 14.2 Å². The molecule has 0 aliphatic carbocycles. The van der Waals surface area contributed by atoms with Crippen LogP contribution in [0, 0.1) is 0 Å². The first-order chi connectivity index (χ1) is 16.8. The van der Waals surface area contributed by atoms with E-state index in [2.05, 4.69) is 10.1 Å². The molecule has 3 heterocycles. The Morgan fingerprint density at radius 2 is 1.77 bits per heavy atom. The van der Waals surface area contributed by atoms with E-state index < -0.39 is 0 Å². The summed E-state index contributed by atoms with van der Waals surface area (Å²) in [5.41, 5.74) is 8.09. The topological polar surface area (TPSA) is 112 Å². The number of aromatic nitrogens is 5. The summed E-state index contributed by atoms with van der Waals surface area (Å²) >= 11 is 6.07. The highest BCUT2D eigenvalue weighted by Crippen LogP contribution is 2.24. The lowest BCUT2D eigenvalue weighted by atomic mass is 10.2.